The zero-order valence-corrected chi connectivity index (χ0v) is 12.0. The smallest absolute Gasteiger partial charge is 0.312 e. The van der Waals surface area contributed by atoms with E-state index in [1.54, 1.807) is 7.11 Å². The van der Waals surface area contributed by atoms with E-state index in [-0.39, 0.29) is 0 Å². The van der Waals surface area contributed by atoms with Crippen molar-refractivity contribution < 1.29 is 14.6 Å². The van der Waals surface area contributed by atoms with Gasteiger partial charge in [-0.1, -0.05) is 25.0 Å². The molecular weight excluding hydrogens is 254 g/mol. The summed E-state index contributed by atoms with van der Waals surface area (Å²) in [4.78, 5) is 13.9. The molecule has 1 aliphatic rings. The van der Waals surface area contributed by atoms with Crippen molar-refractivity contribution in [1.82, 2.24) is 4.90 Å². The van der Waals surface area contributed by atoms with Crippen molar-refractivity contribution in [2.24, 2.45) is 0 Å². The lowest BCUT2D eigenvalue weighted by molar-refractivity contribution is -0.139. The lowest BCUT2D eigenvalue weighted by Crippen LogP contribution is -2.32. The summed E-state index contributed by atoms with van der Waals surface area (Å²) < 4.78 is 5.19. The van der Waals surface area contributed by atoms with Gasteiger partial charge < -0.3 is 14.7 Å². The standard InChI is InChI=1S/C16H23NO3/c1-20-14-8-6-7-13(11-14)15(16(18)19)12-17-9-4-2-3-5-10-17/h6-8,11,15H,2-5,9-10,12H2,1H3,(H,18,19). The van der Waals surface area contributed by atoms with Crippen LogP contribution in [0.3, 0.4) is 0 Å². The fourth-order valence-electron chi connectivity index (χ4n) is 2.76. The molecule has 0 bridgehead atoms. The van der Waals surface area contributed by atoms with Gasteiger partial charge >= 0.3 is 5.97 Å². The van der Waals surface area contributed by atoms with Gasteiger partial charge in [-0.2, -0.15) is 0 Å². The number of ether oxygens (including phenoxy) is 1. The molecule has 1 aliphatic heterocycles. The highest BCUT2D eigenvalue weighted by molar-refractivity contribution is 5.76. The van der Waals surface area contributed by atoms with Crippen molar-refractivity contribution in [2.75, 3.05) is 26.7 Å². The predicted octanol–water partition coefficient (Wildman–Crippen LogP) is 2.74. The SMILES string of the molecule is COc1cccc(C(CN2CCCCCC2)C(=O)O)c1. The number of benzene rings is 1. The molecule has 0 saturated carbocycles. The van der Waals surface area contributed by atoms with Crippen LogP contribution < -0.4 is 4.74 Å². The number of nitrogens with zero attached hydrogens (tertiary/aromatic N) is 1. The summed E-state index contributed by atoms with van der Waals surface area (Å²) in [5, 5.41) is 9.52. The third-order valence-corrected chi connectivity index (χ3v) is 3.93. The Labute approximate surface area is 120 Å². The molecule has 1 N–H and O–H groups in total. The molecule has 1 heterocycles. The van der Waals surface area contributed by atoms with Crippen LogP contribution in [0, 0.1) is 0 Å². The van der Waals surface area contributed by atoms with E-state index in [1.807, 2.05) is 24.3 Å². The first kappa shape index (κ1) is 14.9. The molecule has 1 unspecified atom stereocenters. The number of carbonyl (C=O) groups is 1. The molecule has 0 spiro atoms. The second-order valence-electron chi connectivity index (χ2n) is 5.38. The average molecular weight is 277 g/mol. The van der Waals surface area contributed by atoms with Crippen LogP contribution in [-0.2, 0) is 4.79 Å². The van der Waals surface area contributed by atoms with Crippen LogP contribution in [0.1, 0.15) is 37.2 Å². The van der Waals surface area contributed by atoms with E-state index in [4.69, 9.17) is 4.74 Å². The van der Waals surface area contributed by atoms with E-state index in [1.165, 1.54) is 25.7 Å². The Hall–Kier alpha value is -1.55. The Morgan fingerprint density at radius 3 is 2.60 bits per heavy atom. The van der Waals surface area contributed by atoms with Gasteiger partial charge in [-0.3, -0.25) is 4.79 Å². The Bertz CT molecular complexity index is 439. The number of carboxylic acid groups (broad SMARTS) is 1. The molecule has 0 aliphatic carbocycles. The van der Waals surface area contributed by atoms with Crippen molar-refractivity contribution in [3.8, 4) is 5.75 Å². The van der Waals surface area contributed by atoms with Crippen molar-refractivity contribution in [3.05, 3.63) is 29.8 Å². The molecule has 1 saturated heterocycles. The van der Waals surface area contributed by atoms with Crippen LogP contribution in [0.15, 0.2) is 24.3 Å². The molecule has 1 atom stereocenters. The summed E-state index contributed by atoms with van der Waals surface area (Å²) in [5.41, 5.74) is 0.820. The number of carboxylic acids is 1. The maximum absolute atomic E-state index is 11.6. The van der Waals surface area contributed by atoms with Gasteiger partial charge in [0.25, 0.3) is 0 Å². The highest BCUT2D eigenvalue weighted by Gasteiger charge is 2.23. The number of likely N-dealkylation sites (tertiary alicyclic amines) is 1. The Morgan fingerprint density at radius 2 is 2.00 bits per heavy atom. The van der Waals surface area contributed by atoms with Gasteiger partial charge in [0, 0.05) is 6.54 Å². The van der Waals surface area contributed by atoms with Crippen molar-refractivity contribution in [2.45, 2.75) is 31.6 Å². The van der Waals surface area contributed by atoms with E-state index in [0.29, 0.717) is 12.3 Å². The van der Waals surface area contributed by atoms with E-state index >= 15 is 0 Å². The minimum atomic E-state index is -0.762. The lowest BCUT2D eigenvalue weighted by Gasteiger charge is -2.24. The summed E-state index contributed by atoms with van der Waals surface area (Å²) >= 11 is 0. The van der Waals surface area contributed by atoms with E-state index in [0.717, 1.165) is 18.7 Å². The van der Waals surface area contributed by atoms with Gasteiger partial charge in [-0.15, -0.1) is 0 Å². The van der Waals surface area contributed by atoms with Crippen LogP contribution in [0.2, 0.25) is 0 Å². The molecular formula is C16H23NO3. The van der Waals surface area contributed by atoms with Crippen molar-refractivity contribution >= 4 is 5.97 Å². The fraction of sp³-hybridized carbons (Fsp3) is 0.562. The third-order valence-electron chi connectivity index (χ3n) is 3.93. The second-order valence-corrected chi connectivity index (χ2v) is 5.38. The quantitative estimate of drug-likeness (QED) is 0.899. The maximum Gasteiger partial charge on any atom is 0.312 e. The Morgan fingerprint density at radius 1 is 1.30 bits per heavy atom. The topological polar surface area (TPSA) is 49.8 Å². The van der Waals surface area contributed by atoms with Gasteiger partial charge in [-0.05, 0) is 43.6 Å². The predicted molar refractivity (Wildman–Crippen MR) is 78.3 cm³/mol. The minimum Gasteiger partial charge on any atom is -0.497 e. The summed E-state index contributed by atoms with van der Waals surface area (Å²) in [6, 6.07) is 7.40. The molecule has 1 aromatic rings. The number of methoxy groups -OCH3 is 1. The highest BCUT2D eigenvalue weighted by atomic mass is 16.5. The molecule has 0 amide bonds. The van der Waals surface area contributed by atoms with Crippen molar-refractivity contribution in [1.29, 1.82) is 0 Å². The Balaban J connectivity index is 2.11. The highest BCUT2D eigenvalue weighted by Crippen LogP contribution is 2.23. The van der Waals surface area contributed by atoms with E-state index in [9.17, 15) is 9.90 Å². The van der Waals surface area contributed by atoms with Gasteiger partial charge in [0.2, 0.25) is 0 Å². The fourth-order valence-corrected chi connectivity index (χ4v) is 2.76. The average Bonchev–Trinajstić information content (AvgIpc) is 2.73. The summed E-state index contributed by atoms with van der Waals surface area (Å²) in [5.74, 6) is -0.532. The number of hydrogen-bond acceptors (Lipinski definition) is 3. The minimum absolute atomic E-state index is 0.483. The van der Waals surface area contributed by atoms with Crippen LogP contribution >= 0.6 is 0 Å². The first-order valence-corrected chi connectivity index (χ1v) is 7.30. The molecule has 20 heavy (non-hydrogen) atoms. The summed E-state index contributed by atoms with van der Waals surface area (Å²) in [6.45, 7) is 2.60. The number of aliphatic carboxylic acids is 1. The molecule has 4 heteroatoms. The first-order valence-electron chi connectivity index (χ1n) is 7.30. The first-order chi connectivity index (χ1) is 9.70. The second kappa shape index (κ2) is 7.29. The largest absolute Gasteiger partial charge is 0.497 e. The molecule has 4 nitrogen and oxygen atoms in total. The third kappa shape index (κ3) is 3.97. The van der Waals surface area contributed by atoms with Gasteiger partial charge in [0.05, 0.1) is 13.0 Å². The van der Waals surface area contributed by atoms with Crippen LogP contribution in [-0.4, -0.2) is 42.7 Å². The number of rotatable bonds is 5. The van der Waals surface area contributed by atoms with E-state index < -0.39 is 11.9 Å². The summed E-state index contributed by atoms with van der Waals surface area (Å²) in [6.07, 6.45) is 4.86. The van der Waals surface area contributed by atoms with Gasteiger partial charge in [-0.25, -0.2) is 0 Å². The molecule has 2 rings (SSSR count). The normalized spacial score (nSPS) is 18.2. The molecule has 0 radical (unpaired) electrons. The van der Waals surface area contributed by atoms with Crippen molar-refractivity contribution in [3.63, 3.8) is 0 Å². The van der Waals surface area contributed by atoms with Crippen LogP contribution in [0.25, 0.3) is 0 Å². The van der Waals surface area contributed by atoms with Crippen LogP contribution in [0.4, 0.5) is 0 Å². The monoisotopic (exact) mass is 277 g/mol. The lowest BCUT2D eigenvalue weighted by atomic mass is 9.98. The Kier molecular flexibility index (Phi) is 5.41. The maximum atomic E-state index is 11.6. The van der Waals surface area contributed by atoms with Gasteiger partial charge in [0.15, 0.2) is 0 Å². The molecule has 1 fully saturated rings. The number of hydrogen-bond donors (Lipinski definition) is 1. The molecule has 1 aromatic carbocycles. The van der Waals surface area contributed by atoms with Gasteiger partial charge in [0.1, 0.15) is 5.75 Å². The zero-order valence-electron chi connectivity index (χ0n) is 12.0. The molecule has 110 valence electrons. The zero-order chi connectivity index (χ0) is 14.4. The summed E-state index contributed by atoms with van der Waals surface area (Å²) in [7, 11) is 1.60. The molecule has 0 aromatic heterocycles. The van der Waals surface area contributed by atoms with E-state index in [2.05, 4.69) is 4.90 Å². The van der Waals surface area contributed by atoms with Crippen LogP contribution in [0.5, 0.6) is 5.75 Å².